The second kappa shape index (κ2) is 7.44. The summed E-state index contributed by atoms with van der Waals surface area (Å²) in [7, 11) is 1.72. The number of hydrogen-bond acceptors (Lipinski definition) is 2. The molecule has 23 heavy (non-hydrogen) atoms. The van der Waals surface area contributed by atoms with Crippen molar-refractivity contribution in [1.29, 1.82) is 0 Å². The van der Waals surface area contributed by atoms with E-state index >= 15 is 0 Å². The van der Waals surface area contributed by atoms with E-state index < -0.39 is 0 Å². The van der Waals surface area contributed by atoms with E-state index in [1.165, 1.54) is 22.2 Å². The van der Waals surface area contributed by atoms with Crippen LogP contribution in [0.2, 0.25) is 0 Å². The zero-order valence-electron chi connectivity index (χ0n) is 13.6. The molecule has 0 amide bonds. The highest BCUT2D eigenvalue weighted by molar-refractivity contribution is 5.92. The summed E-state index contributed by atoms with van der Waals surface area (Å²) in [4.78, 5) is 4.56. The fourth-order valence-corrected chi connectivity index (χ4v) is 2.77. The normalized spacial score (nSPS) is 11.1. The van der Waals surface area contributed by atoms with E-state index in [4.69, 9.17) is 4.74 Å². The van der Waals surface area contributed by atoms with Crippen LogP contribution in [0.3, 0.4) is 0 Å². The van der Waals surface area contributed by atoms with Crippen LogP contribution < -0.4 is 0 Å². The summed E-state index contributed by atoms with van der Waals surface area (Å²) in [6.45, 7) is 4.81. The molecule has 0 unspecified atom stereocenters. The van der Waals surface area contributed by atoms with Crippen LogP contribution in [0.4, 0.5) is 0 Å². The number of pyridine rings is 1. The highest BCUT2D eigenvalue weighted by Crippen LogP contribution is 2.27. The number of fused-ring (bicyclic) bond motifs is 1. The molecule has 2 heterocycles. The van der Waals surface area contributed by atoms with Crippen LogP contribution in [0.25, 0.3) is 23.1 Å². The van der Waals surface area contributed by atoms with Crippen molar-refractivity contribution >= 4 is 35.5 Å². The molecule has 0 bridgehead atoms. The molecular formula is C19H21ClN2O. The van der Waals surface area contributed by atoms with Crippen molar-refractivity contribution in [3.63, 3.8) is 0 Å². The second-order valence-corrected chi connectivity index (χ2v) is 5.39. The Bertz CT molecular complexity index is 822. The largest absolute Gasteiger partial charge is 0.364 e. The Morgan fingerprint density at radius 2 is 1.83 bits per heavy atom. The third kappa shape index (κ3) is 3.31. The summed E-state index contributed by atoms with van der Waals surface area (Å²) in [5, 5.41) is 1.23. The maximum Gasteiger partial charge on any atom is 0.122 e. The van der Waals surface area contributed by atoms with Crippen molar-refractivity contribution in [2.24, 2.45) is 0 Å². The Balaban J connectivity index is 0.00000192. The van der Waals surface area contributed by atoms with E-state index in [9.17, 15) is 0 Å². The van der Waals surface area contributed by atoms with Crippen LogP contribution in [-0.2, 0) is 11.5 Å². The Kier molecular flexibility index (Phi) is 5.59. The molecule has 1 aromatic carbocycles. The number of benzene rings is 1. The summed E-state index contributed by atoms with van der Waals surface area (Å²) in [5.41, 5.74) is 5.77. The fourth-order valence-electron chi connectivity index (χ4n) is 2.77. The number of aryl methyl sites for hydroxylation is 1. The van der Waals surface area contributed by atoms with Gasteiger partial charge in [-0.15, -0.1) is 12.4 Å². The molecule has 0 saturated carbocycles. The number of hydrogen-bond donors (Lipinski definition) is 0. The minimum atomic E-state index is 0. The quantitative estimate of drug-likeness (QED) is 0.684. The number of ether oxygens (including phenoxy) is 1. The van der Waals surface area contributed by atoms with Crippen LogP contribution in [0.1, 0.15) is 22.5 Å². The number of nitrogens with zero attached hydrogens (tertiary/aromatic N) is 2. The van der Waals surface area contributed by atoms with Crippen LogP contribution in [-0.4, -0.2) is 16.7 Å². The van der Waals surface area contributed by atoms with Crippen molar-refractivity contribution in [1.82, 2.24) is 9.55 Å². The van der Waals surface area contributed by atoms with Crippen molar-refractivity contribution in [2.75, 3.05) is 7.11 Å². The van der Waals surface area contributed by atoms with E-state index in [0.29, 0.717) is 6.73 Å². The van der Waals surface area contributed by atoms with Gasteiger partial charge in [0.25, 0.3) is 0 Å². The molecular weight excluding hydrogens is 308 g/mol. The van der Waals surface area contributed by atoms with Gasteiger partial charge in [0.2, 0.25) is 0 Å². The molecule has 3 rings (SSSR count). The van der Waals surface area contributed by atoms with Gasteiger partial charge in [0.1, 0.15) is 6.73 Å². The van der Waals surface area contributed by atoms with E-state index in [1.54, 1.807) is 7.11 Å². The van der Waals surface area contributed by atoms with Gasteiger partial charge in [0.15, 0.2) is 0 Å². The van der Waals surface area contributed by atoms with E-state index in [0.717, 1.165) is 11.2 Å². The molecule has 0 radical (unpaired) electrons. The third-order valence-corrected chi connectivity index (χ3v) is 4.07. The molecule has 120 valence electrons. The molecule has 4 heteroatoms. The smallest absolute Gasteiger partial charge is 0.122 e. The lowest BCUT2D eigenvalue weighted by Crippen LogP contribution is -2.03. The van der Waals surface area contributed by atoms with Crippen molar-refractivity contribution < 1.29 is 4.74 Å². The Morgan fingerprint density at radius 3 is 2.52 bits per heavy atom. The summed E-state index contributed by atoms with van der Waals surface area (Å²) in [6.07, 6.45) is 6.04. The van der Waals surface area contributed by atoms with Gasteiger partial charge in [-0.3, -0.25) is 4.98 Å². The van der Waals surface area contributed by atoms with Crippen molar-refractivity contribution in [2.45, 2.75) is 20.6 Å². The number of halogens is 1. The van der Waals surface area contributed by atoms with Crippen LogP contribution in [0, 0.1) is 13.8 Å². The molecule has 0 aliphatic rings. The predicted molar refractivity (Wildman–Crippen MR) is 98.8 cm³/mol. The van der Waals surface area contributed by atoms with Gasteiger partial charge >= 0.3 is 0 Å². The van der Waals surface area contributed by atoms with E-state index in [2.05, 4.69) is 53.7 Å². The molecule has 0 aliphatic carbocycles. The van der Waals surface area contributed by atoms with Gasteiger partial charge in [-0.2, -0.15) is 0 Å². The first kappa shape index (κ1) is 17.3. The van der Waals surface area contributed by atoms with Gasteiger partial charge in [-0.25, -0.2) is 0 Å². The molecule has 3 aromatic rings. The lowest BCUT2D eigenvalue weighted by Gasteiger charge is -2.08. The molecule has 0 fully saturated rings. The second-order valence-electron chi connectivity index (χ2n) is 5.39. The monoisotopic (exact) mass is 328 g/mol. The first-order chi connectivity index (χ1) is 10.7. The first-order valence-corrected chi connectivity index (χ1v) is 7.39. The summed E-state index contributed by atoms with van der Waals surface area (Å²) in [5.74, 6) is 0. The van der Waals surface area contributed by atoms with Crippen molar-refractivity contribution in [3.8, 4) is 0 Å². The SMILES string of the molecule is COCn1c(C)c(C)c2ccnc(C=Cc3ccccc3)c21.Cl. The van der Waals surface area contributed by atoms with Gasteiger partial charge in [-0.05, 0) is 37.1 Å². The van der Waals surface area contributed by atoms with E-state index in [-0.39, 0.29) is 12.4 Å². The maximum atomic E-state index is 5.36. The number of rotatable bonds is 4. The Morgan fingerprint density at radius 1 is 1.09 bits per heavy atom. The van der Waals surface area contributed by atoms with Gasteiger partial charge in [0.05, 0.1) is 11.2 Å². The van der Waals surface area contributed by atoms with Gasteiger partial charge in [0, 0.05) is 24.4 Å². The average molecular weight is 329 g/mol. The van der Waals surface area contributed by atoms with Gasteiger partial charge < -0.3 is 9.30 Å². The van der Waals surface area contributed by atoms with Crippen LogP contribution in [0.5, 0.6) is 0 Å². The average Bonchev–Trinajstić information content (AvgIpc) is 2.80. The highest BCUT2D eigenvalue weighted by atomic mass is 35.5. The van der Waals surface area contributed by atoms with Crippen LogP contribution in [0.15, 0.2) is 42.6 Å². The Labute approximate surface area is 143 Å². The van der Waals surface area contributed by atoms with Crippen molar-refractivity contribution in [3.05, 3.63) is 65.1 Å². The Hall–Kier alpha value is -2.10. The third-order valence-electron chi connectivity index (χ3n) is 4.07. The minimum Gasteiger partial charge on any atom is -0.364 e. The molecule has 0 spiro atoms. The predicted octanol–water partition coefficient (Wildman–Crippen LogP) is 4.85. The molecule has 0 aliphatic heterocycles. The molecule has 3 nitrogen and oxygen atoms in total. The highest BCUT2D eigenvalue weighted by Gasteiger charge is 2.13. The molecule has 2 aromatic heterocycles. The molecule has 0 saturated heterocycles. The summed E-state index contributed by atoms with van der Waals surface area (Å²) < 4.78 is 7.54. The maximum absolute atomic E-state index is 5.36. The lowest BCUT2D eigenvalue weighted by molar-refractivity contribution is 0.133. The molecule has 0 N–H and O–H groups in total. The zero-order chi connectivity index (χ0) is 15.5. The standard InChI is InChI=1S/C19H20N2O.ClH/c1-14-15(2)21(13-22-3)19-17(14)11-12-20-18(19)10-9-16-7-5-4-6-8-16;/h4-12H,13H2,1-3H3;1H. The topological polar surface area (TPSA) is 27.1 Å². The zero-order valence-corrected chi connectivity index (χ0v) is 14.4. The lowest BCUT2D eigenvalue weighted by atomic mass is 10.1. The number of methoxy groups -OCH3 is 1. The fraction of sp³-hybridized carbons (Fsp3) is 0.211. The summed E-state index contributed by atoms with van der Waals surface area (Å²) in [6, 6.07) is 12.3. The van der Waals surface area contributed by atoms with Crippen LogP contribution >= 0.6 is 12.4 Å². The number of aromatic nitrogens is 2. The van der Waals surface area contributed by atoms with Gasteiger partial charge in [-0.1, -0.05) is 36.4 Å². The summed E-state index contributed by atoms with van der Waals surface area (Å²) >= 11 is 0. The molecule has 0 atom stereocenters. The first-order valence-electron chi connectivity index (χ1n) is 7.39. The minimum absolute atomic E-state index is 0. The van der Waals surface area contributed by atoms with E-state index in [1.807, 2.05) is 24.4 Å².